The summed E-state index contributed by atoms with van der Waals surface area (Å²) >= 11 is 2.40. The molecule has 0 atom stereocenters. The van der Waals surface area contributed by atoms with Crippen molar-refractivity contribution in [2.75, 3.05) is 11.0 Å². The Morgan fingerprint density at radius 2 is 1.94 bits per heavy atom. The van der Waals surface area contributed by atoms with Crippen LogP contribution in [0.2, 0.25) is 0 Å². The summed E-state index contributed by atoms with van der Waals surface area (Å²) < 4.78 is 6.41. The van der Waals surface area contributed by atoms with Gasteiger partial charge in [-0.1, -0.05) is 34.2 Å². The maximum absolute atomic E-state index is 11.5. The summed E-state index contributed by atoms with van der Waals surface area (Å²) in [5.41, 5.74) is 1.07. The average molecular weight is 352 g/mol. The van der Waals surface area contributed by atoms with Crippen LogP contribution < -0.4 is 0 Å². The third-order valence-electron chi connectivity index (χ3n) is 2.39. The monoisotopic (exact) mass is 352 g/mol. The van der Waals surface area contributed by atoms with Crippen molar-refractivity contribution in [3.63, 3.8) is 0 Å². The second kappa shape index (κ2) is 8.95. The largest absolute Gasteiger partial charge is 0.465 e. The molecule has 0 bridgehead atoms. The molecule has 0 aliphatic heterocycles. The van der Waals surface area contributed by atoms with Crippen molar-refractivity contribution in [1.82, 2.24) is 0 Å². The number of esters is 1. The molecule has 17 heavy (non-hydrogen) atoms. The first kappa shape index (κ1) is 16.9. The first-order valence-electron chi connectivity index (χ1n) is 6.26. The Morgan fingerprint density at radius 1 is 1.29 bits per heavy atom. The van der Waals surface area contributed by atoms with Gasteiger partial charge in [-0.15, -0.1) is 0 Å². The average Bonchev–Trinajstić information content (AvgIpc) is 2.24. The number of unbranched alkanes of at least 4 members (excludes halogenated alkanes) is 1. The van der Waals surface area contributed by atoms with Gasteiger partial charge in [0.25, 0.3) is 0 Å². The van der Waals surface area contributed by atoms with Crippen LogP contribution in [0, 0.1) is 5.41 Å². The first-order chi connectivity index (χ1) is 7.88. The quantitative estimate of drug-likeness (QED) is 0.221. The van der Waals surface area contributed by atoms with Crippen LogP contribution in [0.15, 0.2) is 11.6 Å². The fourth-order valence-electron chi connectivity index (χ4n) is 1.26. The van der Waals surface area contributed by atoms with Crippen LogP contribution in [0.3, 0.4) is 0 Å². The predicted molar refractivity (Wildman–Crippen MR) is 81.5 cm³/mol. The Hall–Kier alpha value is -0.0600. The highest BCUT2D eigenvalue weighted by Gasteiger charge is 2.22. The molecule has 0 aliphatic rings. The molecule has 0 amide bonds. The molecular weight excluding hydrogens is 327 g/mol. The fourth-order valence-corrected chi connectivity index (χ4v) is 1.64. The summed E-state index contributed by atoms with van der Waals surface area (Å²) in [6, 6.07) is 0. The second-order valence-electron chi connectivity index (χ2n) is 5.37. The predicted octanol–water partition coefficient (Wildman–Crippen LogP) is 4.52. The Morgan fingerprint density at radius 3 is 2.47 bits per heavy atom. The van der Waals surface area contributed by atoms with Crippen molar-refractivity contribution < 1.29 is 9.53 Å². The van der Waals surface area contributed by atoms with E-state index >= 15 is 0 Å². The van der Waals surface area contributed by atoms with Gasteiger partial charge < -0.3 is 4.74 Å². The highest BCUT2D eigenvalue weighted by atomic mass is 127. The Balaban J connectivity index is 3.62. The van der Waals surface area contributed by atoms with Gasteiger partial charge in [-0.25, -0.2) is 0 Å². The van der Waals surface area contributed by atoms with Crippen LogP contribution in [0.25, 0.3) is 0 Å². The van der Waals surface area contributed by atoms with E-state index < -0.39 is 0 Å². The Labute approximate surface area is 119 Å². The molecule has 0 aromatic heterocycles. The molecular formula is C14H25IO2. The van der Waals surface area contributed by atoms with Crippen LogP contribution in [0.4, 0.5) is 0 Å². The molecule has 0 aromatic carbocycles. The van der Waals surface area contributed by atoms with Gasteiger partial charge in [0, 0.05) is 0 Å². The maximum Gasteiger partial charge on any atom is 0.311 e. The zero-order valence-corrected chi connectivity index (χ0v) is 13.7. The summed E-state index contributed by atoms with van der Waals surface area (Å²) in [6.07, 6.45) is 6.62. The normalized spacial score (nSPS) is 12.6. The van der Waals surface area contributed by atoms with E-state index in [-0.39, 0.29) is 11.4 Å². The molecule has 2 nitrogen and oxygen atoms in total. The summed E-state index contributed by atoms with van der Waals surface area (Å²) in [6.45, 7) is 8.34. The van der Waals surface area contributed by atoms with Crippen molar-refractivity contribution in [3.05, 3.63) is 11.6 Å². The molecule has 0 heterocycles. The van der Waals surface area contributed by atoms with E-state index in [2.05, 4.69) is 35.6 Å². The second-order valence-corrected chi connectivity index (χ2v) is 6.45. The van der Waals surface area contributed by atoms with E-state index in [1.165, 1.54) is 22.8 Å². The summed E-state index contributed by atoms with van der Waals surface area (Å²) in [4.78, 5) is 11.5. The zero-order chi connectivity index (χ0) is 13.3. The summed E-state index contributed by atoms with van der Waals surface area (Å²) in [7, 11) is 0. The lowest BCUT2D eigenvalue weighted by Gasteiger charge is -2.16. The van der Waals surface area contributed by atoms with Gasteiger partial charge in [-0.3, -0.25) is 4.79 Å². The van der Waals surface area contributed by atoms with E-state index in [0.29, 0.717) is 6.61 Å². The minimum Gasteiger partial charge on any atom is -0.465 e. The third kappa shape index (κ3) is 9.62. The molecule has 0 unspecified atom stereocenters. The molecule has 0 rings (SSSR count). The van der Waals surface area contributed by atoms with Crippen LogP contribution in [-0.4, -0.2) is 17.0 Å². The topological polar surface area (TPSA) is 26.3 Å². The lowest BCUT2D eigenvalue weighted by molar-refractivity contribution is -0.152. The number of alkyl halides is 1. The van der Waals surface area contributed by atoms with Gasteiger partial charge in [0.1, 0.15) is 0 Å². The van der Waals surface area contributed by atoms with Crippen LogP contribution in [0.1, 0.15) is 53.4 Å². The van der Waals surface area contributed by atoms with Gasteiger partial charge >= 0.3 is 5.97 Å². The van der Waals surface area contributed by atoms with E-state index in [4.69, 9.17) is 4.74 Å². The number of rotatable bonds is 7. The molecule has 0 N–H and O–H groups in total. The Kier molecular flexibility index (Phi) is 8.92. The number of carbonyl (C=O) groups is 1. The highest BCUT2D eigenvalue weighted by molar-refractivity contribution is 14.1. The SMILES string of the molecule is C/C(=C\CCCOC(=O)C(C)(C)C)CCCI. The molecule has 0 spiro atoms. The van der Waals surface area contributed by atoms with Gasteiger partial charge in [0.15, 0.2) is 0 Å². The number of hydrogen-bond acceptors (Lipinski definition) is 2. The van der Waals surface area contributed by atoms with Gasteiger partial charge in [-0.05, 0) is 57.8 Å². The van der Waals surface area contributed by atoms with E-state index in [9.17, 15) is 4.79 Å². The van der Waals surface area contributed by atoms with Gasteiger partial charge in [0.2, 0.25) is 0 Å². The number of allylic oxidation sites excluding steroid dienone is 2. The van der Waals surface area contributed by atoms with Crippen molar-refractivity contribution in [1.29, 1.82) is 0 Å². The summed E-state index contributed by atoms with van der Waals surface area (Å²) in [5, 5.41) is 0. The molecule has 0 radical (unpaired) electrons. The van der Waals surface area contributed by atoms with Gasteiger partial charge in [-0.2, -0.15) is 0 Å². The Bertz CT molecular complexity index is 251. The first-order valence-corrected chi connectivity index (χ1v) is 7.79. The zero-order valence-electron chi connectivity index (χ0n) is 11.5. The number of halogens is 1. The minimum atomic E-state index is -0.383. The smallest absolute Gasteiger partial charge is 0.311 e. The van der Waals surface area contributed by atoms with E-state index in [1.807, 2.05) is 20.8 Å². The highest BCUT2D eigenvalue weighted by Crippen LogP contribution is 2.15. The third-order valence-corrected chi connectivity index (χ3v) is 3.15. The molecule has 0 aliphatic carbocycles. The van der Waals surface area contributed by atoms with E-state index in [0.717, 1.165) is 12.8 Å². The molecule has 0 saturated heterocycles. The van der Waals surface area contributed by atoms with Crippen LogP contribution in [-0.2, 0) is 9.53 Å². The van der Waals surface area contributed by atoms with Gasteiger partial charge in [0.05, 0.1) is 12.0 Å². The molecule has 100 valence electrons. The minimum absolute atomic E-state index is 0.108. The standard InChI is InChI=1S/C14H25IO2/c1-12(9-7-10-15)8-5-6-11-17-13(16)14(2,3)4/h8H,5-7,9-11H2,1-4H3/b12-8+. The van der Waals surface area contributed by atoms with Crippen molar-refractivity contribution in [3.8, 4) is 0 Å². The van der Waals surface area contributed by atoms with Crippen molar-refractivity contribution >= 4 is 28.6 Å². The van der Waals surface area contributed by atoms with E-state index in [1.54, 1.807) is 0 Å². The number of hydrogen-bond donors (Lipinski definition) is 0. The lowest BCUT2D eigenvalue weighted by Crippen LogP contribution is -2.23. The van der Waals surface area contributed by atoms with Crippen LogP contribution >= 0.6 is 22.6 Å². The van der Waals surface area contributed by atoms with Crippen molar-refractivity contribution in [2.24, 2.45) is 5.41 Å². The molecule has 0 saturated carbocycles. The van der Waals surface area contributed by atoms with Crippen molar-refractivity contribution in [2.45, 2.75) is 53.4 Å². The molecule has 3 heteroatoms. The number of carbonyl (C=O) groups excluding carboxylic acids is 1. The molecule has 0 fully saturated rings. The number of ether oxygens (including phenoxy) is 1. The fraction of sp³-hybridized carbons (Fsp3) is 0.786. The van der Waals surface area contributed by atoms with Crippen LogP contribution in [0.5, 0.6) is 0 Å². The molecule has 0 aromatic rings. The summed E-state index contributed by atoms with van der Waals surface area (Å²) in [5.74, 6) is -0.108. The maximum atomic E-state index is 11.5. The lowest BCUT2D eigenvalue weighted by atomic mass is 9.97.